The van der Waals surface area contributed by atoms with Gasteiger partial charge in [-0.2, -0.15) is 5.10 Å². The van der Waals surface area contributed by atoms with Crippen molar-refractivity contribution in [2.45, 2.75) is 39.3 Å². The Balaban J connectivity index is 1.36. The van der Waals surface area contributed by atoms with E-state index in [0.717, 1.165) is 54.6 Å². The second-order valence-corrected chi connectivity index (χ2v) is 8.88. The molecule has 8 nitrogen and oxygen atoms in total. The van der Waals surface area contributed by atoms with Crippen molar-refractivity contribution in [3.8, 4) is 5.75 Å². The van der Waals surface area contributed by atoms with Crippen LogP contribution < -0.4 is 5.32 Å². The number of fused-ring (bicyclic) bond motifs is 2. The number of piperazine rings is 1. The fourth-order valence-electron chi connectivity index (χ4n) is 4.71. The first-order valence-corrected chi connectivity index (χ1v) is 11.7. The molecule has 0 radical (unpaired) electrons. The molecule has 0 unspecified atom stereocenters. The summed E-state index contributed by atoms with van der Waals surface area (Å²) in [5.74, 6) is -0.249. The van der Waals surface area contributed by atoms with Crippen molar-refractivity contribution in [2.24, 2.45) is 0 Å². The molecule has 2 aromatic carbocycles. The number of hydrogen-bond acceptors (Lipinski definition) is 5. The lowest BCUT2D eigenvalue weighted by atomic mass is 10.1. The minimum absolute atomic E-state index is 0.0340. The number of phenolic OH excluding ortho intramolecular Hbond substituents is 1. The summed E-state index contributed by atoms with van der Waals surface area (Å²) in [6.07, 6.45) is 2.94. The molecule has 3 aromatic rings. The third-order valence-corrected chi connectivity index (χ3v) is 6.63. The smallest absolute Gasteiger partial charge is 0.258 e. The van der Waals surface area contributed by atoms with Crippen molar-refractivity contribution in [1.82, 2.24) is 25.3 Å². The van der Waals surface area contributed by atoms with Gasteiger partial charge < -0.3 is 20.2 Å². The summed E-state index contributed by atoms with van der Waals surface area (Å²) < 4.78 is 0. The van der Waals surface area contributed by atoms with Crippen LogP contribution in [0.1, 0.15) is 57.3 Å². The number of nitrogens with zero attached hydrogens (tertiary/aromatic N) is 3. The van der Waals surface area contributed by atoms with Crippen LogP contribution in [0.2, 0.25) is 0 Å². The number of phenols is 1. The molecule has 1 fully saturated rings. The van der Waals surface area contributed by atoms with Gasteiger partial charge in [-0.1, -0.05) is 19.4 Å². The number of rotatable bonds is 5. The molecule has 8 heteroatoms. The highest BCUT2D eigenvalue weighted by molar-refractivity contribution is 6.01. The lowest BCUT2D eigenvalue weighted by Crippen LogP contribution is -2.46. The fourth-order valence-corrected chi connectivity index (χ4v) is 4.71. The second-order valence-electron chi connectivity index (χ2n) is 8.88. The van der Waals surface area contributed by atoms with E-state index in [4.69, 9.17) is 0 Å². The normalized spacial score (nSPS) is 15.8. The quantitative estimate of drug-likeness (QED) is 0.558. The van der Waals surface area contributed by atoms with Gasteiger partial charge in [0.2, 0.25) is 0 Å². The number of amides is 2. The van der Waals surface area contributed by atoms with E-state index in [-0.39, 0.29) is 23.1 Å². The van der Waals surface area contributed by atoms with Gasteiger partial charge in [0.1, 0.15) is 5.75 Å². The van der Waals surface area contributed by atoms with E-state index in [1.54, 1.807) is 17.0 Å². The Bertz CT molecular complexity index is 1210. The van der Waals surface area contributed by atoms with Crippen LogP contribution in [0.15, 0.2) is 30.3 Å². The van der Waals surface area contributed by atoms with Crippen LogP contribution >= 0.6 is 0 Å². The Morgan fingerprint density at radius 1 is 1.03 bits per heavy atom. The highest BCUT2D eigenvalue weighted by atomic mass is 16.3. The van der Waals surface area contributed by atoms with E-state index in [0.29, 0.717) is 37.3 Å². The summed E-state index contributed by atoms with van der Waals surface area (Å²) in [7, 11) is 0. The number of hydrogen-bond donors (Lipinski definition) is 3. The number of nitrogens with one attached hydrogen (secondary N) is 2. The molecular formula is C25H29N5O3. The molecule has 0 saturated carbocycles. The van der Waals surface area contributed by atoms with E-state index >= 15 is 0 Å². The SMILES string of the molecule is CCCCc1[nH]nc2cc(O)c(C(=O)N3Cc4ccc(C(=O)N5CCNCC5)cc4C3)cc12. The summed E-state index contributed by atoms with van der Waals surface area (Å²) in [6.45, 7) is 6.04. The van der Waals surface area contributed by atoms with E-state index in [9.17, 15) is 14.7 Å². The topological polar surface area (TPSA) is 102 Å². The third kappa shape index (κ3) is 4.06. The van der Waals surface area contributed by atoms with Crippen molar-refractivity contribution in [1.29, 1.82) is 0 Å². The van der Waals surface area contributed by atoms with E-state index in [2.05, 4.69) is 22.4 Å². The molecule has 1 saturated heterocycles. The fraction of sp³-hybridized carbons (Fsp3) is 0.400. The number of H-pyrrole nitrogens is 1. The zero-order valence-corrected chi connectivity index (χ0v) is 18.9. The Kier molecular flexibility index (Phi) is 5.76. The summed E-state index contributed by atoms with van der Waals surface area (Å²) >= 11 is 0. The predicted molar refractivity (Wildman–Crippen MR) is 125 cm³/mol. The zero-order chi connectivity index (χ0) is 22.9. The Hall–Kier alpha value is -3.39. The average molecular weight is 448 g/mol. The lowest BCUT2D eigenvalue weighted by Gasteiger charge is -2.27. The Morgan fingerprint density at radius 2 is 1.82 bits per heavy atom. The van der Waals surface area contributed by atoms with Gasteiger partial charge in [0.15, 0.2) is 0 Å². The second kappa shape index (κ2) is 8.86. The monoisotopic (exact) mass is 447 g/mol. The average Bonchev–Trinajstić information content (AvgIpc) is 3.45. The predicted octanol–water partition coefficient (Wildman–Crippen LogP) is 2.81. The summed E-state index contributed by atoms with van der Waals surface area (Å²) in [6, 6.07) is 9.02. The zero-order valence-electron chi connectivity index (χ0n) is 18.9. The van der Waals surface area contributed by atoms with E-state index in [1.165, 1.54) is 0 Å². The number of carbonyl (C=O) groups excluding carboxylic acids is 2. The largest absolute Gasteiger partial charge is 0.507 e. The summed E-state index contributed by atoms with van der Waals surface area (Å²) in [5, 5.41) is 22.0. The van der Waals surface area contributed by atoms with Crippen molar-refractivity contribution < 1.29 is 14.7 Å². The standard InChI is InChI=1S/C25H29N5O3/c1-2-3-4-21-19-12-20(23(31)13-22(19)28-27-21)25(33)30-14-17-6-5-16(11-18(17)15-30)24(32)29-9-7-26-8-10-29/h5-6,11-13,26,31H,2-4,7-10,14-15H2,1H3,(H,27,28). The lowest BCUT2D eigenvalue weighted by molar-refractivity contribution is 0.0734. The molecule has 2 amide bonds. The maximum Gasteiger partial charge on any atom is 0.258 e. The molecule has 2 aliphatic rings. The third-order valence-electron chi connectivity index (χ3n) is 6.63. The number of benzene rings is 2. The number of aromatic amines is 1. The molecule has 2 aliphatic heterocycles. The highest BCUT2D eigenvalue weighted by Gasteiger charge is 2.28. The molecular weight excluding hydrogens is 418 g/mol. The van der Waals surface area contributed by atoms with Crippen LogP contribution in [0.3, 0.4) is 0 Å². The number of aryl methyl sites for hydroxylation is 1. The first-order chi connectivity index (χ1) is 16.0. The van der Waals surface area contributed by atoms with Gasteiger partial charge >= 0.3 is 0 Å². The highest BCUT2D eigenvalue weighted by Crippen LogP contribution is 2.31. The maximum atomic E-state index is 13.3. The molecule has 3 N–H and O–H groups in total. The van der Waals surface area contributed by atoms with Crippen molar-refractivity contribution in [2.75, 3.05) is 26.2 Å². The summed E-state index contributed by atoms with van der Waals surface area (Å²) in [4.78, 5) is 29.8. The minimum Gasteiger partial charge on any atom is -0.507 e. The van der Waals surface area contributed by atoms with Crippen LogP contribution in [0.4, 0.5) is 0 Å². The molecule has 3 heterocycles. The van der Waals surface area contributed by atoms with Crippen LogP contribution in [0.5, 0.6) is 5.75 Å². The van der Waals surface area contributed by atoms with Gasteiger partial charge in [0, 0.05) is 62.0 Å². The Morgan fingerprint density at radius 3 is 2.61 bits per heavy atom. The minimum atomic E-state index is -0.219. The molecule has 0 spiro atoms. The first-order valence-electron chi connectivity index (χ1n) is 11.7. The molecule has 1 aromatic heterocycles. The number of aromatic nitrogens is 2. The maximum absolute atomic E-state index is 13.3. The Labute approximate surface area is 192 Å². The van der Waals surface area contributed by atoms with Crippen LogP contribution in [-0.4, -0.2) is 63.1 Å². The van der Waals surface area contributed by atoms with E-state index in [1.807, 2.05) is 23.1 Å². The van der Waals surface area contributed by atoms with Gasteiger partial charge in [0.25, 0.3) is 11.8 Å². The van der Waals surface area contributed by atoms with Crippen molar-refractivity contribution in [3.63, 3.8) is 0 Å². The molecule has 0 aliphatic carbocycles. The first kappa shape index (κ1) is 21.5. The van der Waals surface area contributed by atoms with Gasteiger partial charge in [-0.05, 0) is 42.2 Å². The number of carbonyl (C=O) groups is 2. The summed E-state index contributed by atoms with van der Waals surface area (Å²) in [5.41, 5.74) is 4.61. The van der Waals surface area contributed by atoms with Crippen LogP contribution in [0.25, 0.3) is 10.9 Å². The number of aromatic hydroxyl groups is 1. The van der Waals surface area contributed by atoms with Crippen LogP contribution in [-0.2, 0) is 19.5 Å². The molecule has 172 valence electrons. The van der Waals surface area contributed by atoms with Gasteiger partial charge in [-0.25, -0.2) is 0 Å². The molecule has 0 bridgehead atoms. The van der Waals surface area contributed by atoms with Crippen LogP contribution in [0, 0.1) is 0 Å². The number of unbranched alkanes of at least 4 members (excludes halogenated alkanes) is 1. The molecule has 33 heavy (non-hydrogen) atoms. The van der Waals surface area contributed by atoms with Gasteiger partial charge in [-0.15, -0.1) is 0 Å². The van der Waals surface area contributed by atoms with Gasteiger partial charge in [0.05, 0.1) is 11.1 Å². The molecule has 5 rings (SSSR count). The molecule has 0 atom stereocenters. The van der Waals surface area contributed by atoms with Crippen molar-refractivity contribution in [3.05, 3.63) is 58.3 Å². The van der Waals surface area contributed by atoms with E-state index < -0.39 is 0 Å². The van der Waals surface area contributed by atoms with Crippen molar-refractivity contribution >= 4 is 22.7 Å². The van der Waals surface area contributed by atoms with Gasteiger partial charge in [-0.3, -0.25) is 14.7 Å².